The SMILES string of the molecule is CC(C)NCc1cn(C2CN(C(=O)NC(C)C)C2)nn1. The molecular formula is C13H24N6O. The van der Waals surface area contributed by atoms with Crippen molar-refractivity contribution in [1.29, 1.82) is 0 Å². The van der Waals surface area contributed by atoms with Gasteiger partial charge in [0.25, 0.3) is 0 Å². The van der Waals surface area contributed by atoms with Crippen molar-refractivity contribution in [3.05, 3.63) is 11.9 Å². The summed E-state index contributed by atoms with van der Waals surface area (Å²) in [5, 5.41) is 14.5. The molecule has 0 spiro atoms. The maximum Gasteiger partial charge on any atom is 0.317 e. The van der Waals surface area contributed by atoms with Gasteiger partial charge < -0.3 is 15.5 Å². The lowest BCUT2D eigenvalue weighted by molar-refractivity contribution is 0.116. The van der Waals surface area contributed by atoms with E-state index < -0.39 is 0 Å². The third-order valence-electron chi connectivity index (χ3n) is 3.18. The lowest BCUT2D eigenvalue weighted by Crippen LogP contribution is -2.55. The molecule has 0 aromatic carbocycles. The fourth-order valence-corrected chi connectivity index (χ4v) is 2.01. The summed E-state index contributed by atoms with van der Waals surface area (Å²) in [5.41, 5.74) is 0.934. The Morgan fingerprint density at radius 1 is 1.35 bits per heavy atom. The van der Waals surface area contributed by atoms with E-state index in [1.165, 1.54) is 0 Å². The Bertz CT molecular complexity index is 449. The molecule has 2 heterocycles. The van der Waals surface area contributed by atoms with Gasteiger partial charge in [0.1, 0.15) is 0 Å². The molecule has 1 aliphatic rings. The van der Waals surface area contributed by atoms with Crippen molar-refractivity contribution in [3.63, 3.8) is 0 Å². The Morgan fingerprint density at radius 3 is 2.65 bits per heavy atom. The third-order valence-corrected chi connectivity index (χ3v) is 3.18. The predicted molar refractivity (Wildman–Crippen MR) is 76.3 cm³/mol. The molecule has 2 rings (SSSR count). The smallest absolute Gasteiger partial charge is 0.317 e. The highest BCUT2D eigenvalue weighted by Crippen LogP contribution is 2.20. The average molecular weight is 280 g/mol. The number of amides is 2. The van der Waals surface area contributed by atoms with Crippen LogP contribution in [0.25, 0.3) is 0 Å². The fraction of sp³-hybridized carbons (Fsp3) is 0.769. The molecule has 0 saturated carbocycles. The molecule has 0 aliphatic carbocycles. The van der Waals surface area contributed by atoms with Crippen LogP contribution in [0.15, 0.2) is 6.20 Å². The number of hydrogen-bond donors (Lipinski definition) is 2. The molecule has 20 heavy (non-hydrogen) atoms. The summed E-state index contributed by atoms with van der Waals surface area (Å²) in [4.78, 5) is 13.5. The molecule has 7 nitrogen and oxygen atoms in total. The lowest BCUT2D eigenvalue weighted by atomic mass is 10.1. The maximum atomic E-state index is 11.8. The zero-order chi connectivity index (χ0) is 14.7. The van der Waals surface area contributed by atoms with Crippen LogP contribution in [0.3, 0.4) is 0 Å². The van der Waals surface area contributed by atoms with Crippen molar-refractivity contribution in [2.75, 3.05) is 13.1 Å². The van der Waals surface area contributed by atoms with Crippen LogP contribution in [0.2, 0.25) is 0 Å². The van der Waals surface area contributed by atoms with E-state index >= 15 is 0 Å². The van der Waals surface area contributed by atoms with E-state index in [1.807, 2.05) is 24.7 Å². The summed E-state index contributed by atoms with van der Waals surface area (Å²) in [6.45, 7) is 10.2. The number of nitrogens with one attached hydrogen (secondary N) is 2. The average Bonchev–Trinajstić information content (AvgIpc) is 2.71. The summed E-state index contributed by atoms with van der Waals surface area (Å²) >= 11 is 0. The van der Waals surface area contributed by atoms with Gasteiger partial charge in [-0.1, -0.05) is 19.1 Å². The number of urea groups is 1. The highest BCUT2D eigenvalue weighted by atomic mass is 16.2. The van der Waals surface area contributed by atoms with E-state index in [0.717, 1.165) is 12.2 Å². The maximum absolute atomic E-state index is 11.8. The van der Waals surface area contributed by atoms with Crippen molar-refractivity contribution < 1.29 is 4.79 Å². The zero-order valence-corrected chi connectivity index (χ0v) is 12.6. The molecule has 1 aliphatic heterocycles. The largest absolute Gasteiger partial charge is 0.336 e. The minimum Gasteiger partial charge on any atom is -0.336 e. The Labute approximate surface area is 119 Å². The van der Waals surface area contributed by atoms with Gasteiger partial charge in [0.2, 0.25) is 0 Å². The van der Waals surface area contributed by atoms with Crippen molar-refractivity contribution in [2.45, 2.75) is 52.4 Å². The number of carbonyl (C=O) groups excluding carboxylic acids is 1. The van der Waals surface area contributed by atoms with Gasteiger partial charge in [0, 0.05) is 31.7 Å². The van der Waals surface area contributed by atoms with E-state index in [9.17, 15) is 4.79 Å². The normalized spacial score (nSPS) is 15.8. The van der Waals surface area contributed by atoms with E-state index in [2.05, 4.69) is 34.8 Å². The van der Waals surface area contributed by atoms with Crippen LogP contribution >= 0.6 is 0 Å². The van der Waals surface area contributed by atoms with Gasteiger partial charge in [0.15, 0.2) is 0 Å². The topological polar surface area (TPSA) is 75.1 Å². The third kappa shape index (κ3) is 3.69. The molecule has 2 N–H and O–H groups in total. The first-order valence-electron chi connectivity index (χ1n) is 7.15. The quantitative estimate of drug-likeness (QED) is 0.834. The summed E-state index contributed by atoms with van der Waals surface area (Å²) in [6.07, 6.45) is 1.96. The Morgan fingerprint density at radius 2 is 2.05 bits per heavy atom. The molecule has 0 unspecified atom stereocenters. The van der Waals surface area contributed by atoms with E-state index in [0.29, 0.717) is 19.1 Å². The Kier molecular flexibility index (Phi) is 4.59. The summed E-state index contributed by atoms with van der Waals surface area (Å²) in [5.74, 6) is 0. The molecule has 2 amide bonds. The van der Waals surface area contributed by atoms with Crippen LogP contribution in [-0.2, 0) is 6.54 Å². The van der Waals surface area contributed by atoms with Gasteiger partial charge in [-0.05, 0) is 13.8 Å². The van der Waals surface area contributed by atoms with E-state index in [4.69, 9.17) is 0 Å². The predicted octanol–water partition coefficient (Wildman–Crippen LogP) is 0.751. The zero-order valence-electron chi connectivity index (χ0n) is 12.6. The highest BCUT2D eigenvalue weighted by Gasteiger charge is 2.32. The van der Waals surface area contributed by atoms with Crippen molar-refractivity contribution in [1.82, 2.24) is 30.5 Å². The fourth-order valence-electron chi connectivity index (χ4n) is 2.01. The molecule has 0 radical (unpaired) electrons. The van der Waals surface area contributed by atoms with Crippen molar-refractivity contribution in [2.24, 2.45) is 0 Å². The second-order valence-electron chi connectivity index (χ2n) is 5.89. The number of likely N-dealkylation sites (tertiary alicyclic amines) is 1. The first-order valence-corrected chi connectivity index (χ1v) is 7.15. The second-order valence-corrected chi connectivity index (χ2v) is 5.89. The van der Waals surface area contributed by atoms with Gasteiger partial charge in [0.05, 0.1) is 17.9 Å². The highest BCUT2D eigenvalue weighted by molar-refractivity contribution is 5.75. The van der Waals surface area contributed by atoms with Crippen LogP contribution in [0.1, 0.15) is 39.4 Å². The van der Waals surface area contributed by atoms with E-state index in [-0.39, 0.29) is 18.1 Å². The molecule has 112 valence electrons. The number of aromatic nitrogens is 3. The number of rotatable bonds is 5. The van der Waals surface area contributed by atoms with Crippen LogP contribution < -0.4 is 10.6 Å². The van der Waals surface area contributed by atoms with Gasteiger partial charge in [-0.15, -0.1) is 5.10 Å². The standard InChI is InChI=1S/C13H24N6O/c1-9(2)14-5-11-6-19(17-16-11)12-7-18(8-12)13(20)15-10(3)4/h6,9-10,12,14H,5,7-8H2,1-4H3,(H,15,20). The van der Waals surface area contributed by atoms with E-state index in [1.54, 1.807) is 4.90 Å². The molecule has 1 saturated heterocycles. The van der Waals surface area contributed by atoms with Gasteiger partial charge in [-0.3, -0.25) is 0 Å². The minimum absolute atomic E-state index is 0.00179. The van der Waals surface area contributed by atoms with Gasteiger partial charge in [-0.2, -0.15) is 0 Å². The first kappa shape index (κ1) is 14.8. The molecule has 7 heteroatoms. The monoisotopic (exact) mass is 280 g/mol. The summed E-state index contributed by atoms with van der Waals surface area (Å²) in [7, 11) is 0. The Hall–Kier alpha value is -1.63. The Balaban J connectivity index is 1.79. The first-order chi connectivity index (χ1) is 9.45. The molecule has 1 aromatic rings. The van der Waals surface area contributed by atoms with Crippen LogP contribution in [0.5, 0.6) is 0 Å². The summed E-state index contributed by atoms with van der Waals surface area (Å²) < 4.78 is 1.86. The van der Waals surface area contributed by atoms with Crippen molar-refractivity contribution in [3.8, 4) is 0 Å². The minimum atomic E-state index is -0.00179. The van der Waals surface area contributed by atoms with Gasteiger partial charge >= 0.3 is 6.03 Å². The van der Waals surface area contributed by atoms with Gasteiger partial charge in [-0.25, -0.2) is 9.48 Å². The lowest BCUT2D eigenvalue weighted by Gasteiger charge is -2.39. The second kappa shape index (κ2) is 6.21. The van der Waals surface area contributed by atoms with Crippen LogP contribution in [0.4, 0.5) is 4.79 Å². The summed E-state index contributed by atoms with van der Waals surface area (Å²) in [6, 6.07) is 0.840. The number of nitrogens with zero attached hydrogens (tertiary/aromatic N) is 4. The molecule has 1 fully saturated rings. The number of carbonyl (C=O) groups is 1. The molecular weight excluding hydrogens is 256 g/mol. The number of hydrogen-bond acceptors (Lipinski definition) is 4. The molecule has 0 bridgehead atoms. The van der Waals surface area contributed by atoms with Crippen molar-refractivity contribution >= 4 is 6.03 Å². The van der Waals surface area contributed by atoms with Crippen LogP contribution in [-0.4, -0.2) is 51.1 Å². The van der Waals surface area contributed by atoms with Crippen LogP contribution in [0, 0.1) is 0 Å². The molecule has 0 atom stereocenters. The molecule has 1 aromatic heterocycles.